The zero-order valence-corrected chi connectivity index (χ0v) is 23.3. The Kier molecular flexibility index (Phi) is 8.69. The number of aliphatic hydroxyl groups is 1. The number of amides is 1. The minimum Gasteiger partial charge on any atom is -0.480 e. The van der Waals surface area contributed by atoms with E-state index < -0.39 is 17.1 Å². The van der Waals surface area contributed by atoms with E-state index in [9.17, 15) is 19.8 Å². The molecule has 0 bridgehead atoms. The lowest BCUT2D eigenvalue weighted by atomic mass is 9.69. The van der Waals surface area contributed by atoms with Crippen LogP contribution >= 0.6 is 0 Å². The van der Waals surface area contributed by atoms with E-state index in [0.717, 1.165) is 55.2 Å². The van der Waals surface area contributed by atoms with Crippen molar-refractivity contribution in [1.29, 1.82) is 0 Å². The lowest BCUT2D eigenvalue weighted by Gasteiger charge is -2.34. The number of carbonyl (C=O) groups excluding carboxylic acids is 1. The van der Waals surface area contributed by atoms with Crippen LogP contribution in [-0.2, 0) is 10.2 Å². The van der Waals surface area contributed by atoms with Gasteiger partial charge in [-0.1, -0.05) is 75.6 Å². The number of aliphatic carboxylic acids is 1. The third kappa shape index (κ3) is 6.15. The molecule has 1 aliphatic rings. The molecule has 0 aromatic heterocycles. The van der Waals surface area contributed by atoms with Crippen molar-refractivity contribution >= 4 is 18.0 Å². The van der Waals surface area contributed by atoms with Crippen LogP contribution in [0.4, 0.5) is 0 Å². The monoisotopic (exact) mass is 505 g/mol. The summed E-state index contributed by atoms with van der Waals surface area (Å²) in [5, 5.41) is 22.9. The van der Waals surface area contributed by atoms with Gasteiger partial charge in [-0.3, -0.25) is 4.79 Å². The lowest BCUT2D eigenvalue weighted by Crippen LogP contribution is -2.49. The van der Waals surface area contributed by atoms with Gasteiger partial charge >= 0.3 is 5.97 Å². The lowest BCUT2D eigenvalue weighted by molar-refractivity contribution is -0.143. The summed E-state index contributed by atoms with van der Waals surface area (Å²) in [5.41, 5.74) is 3.71. The van der Waals surface area contributed by atoms with E-state index in [0.29, 0.717) is 5.56 Å². The Morgan fingerprint density at radius 1 is 0.946 bits per heavy atom. The van der Waals surface area contributed by atoms with Crippen LogP contribution in [0.5, 0.6) is 0 Å². The molecule has 0 aliphatic heterocycles. The molecule has 37 heavy (non-hydrogen) atoms. The molecule has 5 heteroatoms. The molecule has 0 radical (unpaired) electrons. The first-order valence-corrected chi connectivity index (χ1v) is 13.6. The number of rotatable bonds is 9. The second-order valence-corrected chi connectivity index (χ2v) is 11.3. The molecule has 1 aliphatic carbocycles. The number of nitrogens with one attached hydrogen (secondary N) is 1. The second-order valence-electron chi connectivity index (χ2n) is 11.3. The number of carbonyl (C=O) groups is 2. The van der Waals surface area contributed by atoms with E-state index >= 15 is 0 Å². The zero-order chi connectivity index (χ0) is 27.4. The predicted molar refractivity (Wildman–Crippen MR) is 150 cm³/mol. The van der Waals surface area contributed by atoms with Gasteiger partial charge in [0.1, 0.15) is 5.54 Å². The Balaban J connectivity index is 1.92. The number of aryl methyl sites for hydroxylation is 2. The highest BCUT2D eigenvalue weighted by molar-refractivity contribution is 5.98. The number of carboxylic acid groups (broad SMARTS) is 1. The van der Waals surface area contributed by atoms with Crippen LogP contribution in [0, 0.1) is 13.8 Å². The topological polar surface area (TPSA) is 86.6 Å². The van der Waals surface area contributed by atoms with Crippen molar-refractivity contribution in [2.75, 3.05) is 0 Å². The summed E-state index contributed by atoms with van der Waals surface area (Å²) in [4.78, 5) is 24.3. The Morgan fingerprint density at radius 2 is 1.51 bits per heavy atom. The van der Waals surface area contributed by atoms with Gasteiger partial charge in [0.05, 0.1) is 5.60 Å². The molecule has 1 amide bonds. The molecule has 200 valence electrons. The zero-order valence-electron chi connectivity index (χ0n) is 23.3. The summed E-state index contributed by atoms with van der Waals surface area (Å²) < 4.78 is 0. The number of hydrogen-bond donors (Lipinski definition) is 3. The summed E-state index contributed by atoms with van der Waals surface area (Å²) in [5.74, 6) is -1.46. The van der Waals surface area contributed by atoms with Crippen molar-refractivity contribution < 1.29 is 19.8 Å². The van der Waals surface area contributed by atoms with Gasteiger partial charge in [0, 0.05) is 11.0 Å². The fourth-order valence-corrected chi connectivity index (χ4v) is 5.59. The number of benzene rings is 2. The third-order valence-electron chi connectivity index (χ3n) is 8.31. The van der Waals surface area contributed by atoms with Crippen molar-refractivity contribution in [3.63, 3.8) is 0 Å². The Bertz CT molecular complexity index is 1170. The van der Waals surface area contributed by atoms with Crippen molar-refractivity contribution in [3.8, 4) is 0 Å². The van der Waals surface area contributed by atoms with Crippen molar-refractivity contribution in [2.24, 2.45) is 0 Å². The van der Waals surface area contributed by atoms with Gasteiger partial charge in [0.15, 0.2) is 0 Å². The van der Waals surface area contributed by atoms with Crippen LogP contribution in [0.1, 0.15) is 111 Å². The first-order chi connectivity index (χ1) is 17.4. The molecule has 5 nitrogen and oxygen atoms in total. The highest BCUT2D eigenvalue weighted by atomic mass is 16.4. The maximum Gasteiger partial charge on any atom is 0.328 e. The molecule has 0 heterocycles. The Morgan fingerprint density at radius 3 is 2.03 bits per heavy atom. The first kappa shape index (κ1) is 28.6. The van der Waals surface area contributed by atoms with Crippen molar-refractivity contribution in [1.82, 2.24) is 5.32 Å². The van der Waals surface area contributed by atoms with Crippen LogP contribution < -0.4 is 5.32 Å². The van der Waals surface area contributed by atoms with Crippen molar-refractivity contribution in [3.05, 3.63) is 75.9 Å². The van der Waals surface area contributed by atoms with Crippen LogP contribution in [0.25, 0.3) is 6.08 Å². The first-order valence-electron chi connectivity index (χ1n) is 13.6. The van der Waals surface area contributed by atoms with Gasteiger partial charge in [-0.2, -0.15) is 0 Å². The molecule has 3 N–H and O–H groups in total. The minimum absolute atomic E-state index is 0.214. The second kappa shape index (κ2) is 11.2. The van der Waals surface area contributed by atoms with Gasteiger partial charge in [-0.25, -0.2) is 4.79 Å². The Hall–Kier alpha value is -2.92. The summed E-state index contributed by atoms with van der Waals surface area (Å²) in [6, 6.07) is 12.5. The number of carboxylic acids is 1. The fourth-order valence-electron chi connectivity index (χ4n) is 5.59. The molecular formula is C32H43NO4. The average Bonchev–Trinajstić information content (AvgIpc) is 2.84. The summed E-state index contributed by atoms with van der Waals surface area (Å²) in [6.45, 7) is 11.4. The van der Waals surface area contributed by atoms with Crippen LogP contribution in [0.15, 0.2) is 42.5 Å². The summed E-state index contributed by atoms with van der Waals surface area (Å²) in [6.07, 6.45) is 10.9. The fraction of sp³-hybridized carbons (Fsp3) is 0.500. The molecular weight excluding hydrogens is 462 g/mol. The molecule has 3 rings (SSSR count). The average molecular weight is 506 g/mol. The number of hydrogen-bond acceptors (Lipinski definition) is 3. The van der Waals surface area contributed by atoms with Gasteiger partial charge in [-0.05, 0) is 87.3 Å². The highest BCUT2D eigenvalue weighted by Gasteiger charge is 2.33. The van der Waals surface area contributed by atoms with Crippen molar-refractivity contribution in [2.45, 2.75) is 103 Å². The van der Waals surface area contributed by atoms with Crippen LogP contribution in [0.3, 0.4) is 0 Å². The standard InChI is InChI=1S/C32H43NO4/c1-7-32(8-2,26-14-15-27(23(4)21-26)28(34)33-30(5,6)29(35)36)25-13-12-24(22(3)20-25)16-19-31(37)17-10-9-11-18-31/h12-16,19-21,37H,7-11,17-18H2,1-6H3,(H,33,34)(H,35,36)/b19-16+. The summed E-state index contributed by atoms with van der Waals surface area (Å²) in [7, 11) is 0. The van der Waals surface area contributed by atoms with Gasteiger partial charge in [0.2, 0.25) is 0 Å². The maximum absolute atomic E-state index is 12.8. The molecule has 2 aromatic rings. The molecule has 0 spiro atoms. The maximum atomic E-state index is 12.8. The Labute approximate surface area is 222 Å². The largest absolute Gasteiger partial charge is 0.480 e. The van der Waals surface area contributed by atoms with E-state index in [4.69, 9.17) is 0 Å². The van der Waals surface area contributed by atoms with Gasteiger partial charge in [-0.15, -0.1) is 0 Å². The van der Waals surface area contributed by atoms with E-state index in [2.05, 4.69) is 56.4 Å². The molecule has 0 atom stereocenters. The highest BCUT2D eigenvalue weighted by Crippen LogP contribution is 2.40. The smallest absolute Gasteiger partial charge is 0.328 e. The van der Waals surface area contributed by atoms with Gasteiger partial charge in [0.25, 0.3) is 5.91 Å². The molecule has 1 fully saturated rings. The van der Waals surface area contributed by atoms with E-state index in [1.54, 1.807) is 0 Å². The summed E-state index contributed by atoms with van der Waals surface area (Å²) >= 11 is 0. The SMILES string of the molecule is CCC(CC)(c1ccc(/C=C/C2(O)CCCCC2)c(C)c1)c1ccc(C(=O)NC(C)(C)C(=O)O)c(C)c1. The normalized spacial score (nSPS) is 16.1. The minimum atomic E-state index is -1.35. The van der Waals surface area contributed by atoms with Crippen LogP contribution in [0.2, 0.25) is 0 Å². The third-order valence-corrected chi connectivity index (χ3v) is 8.31. The van der Waals surface area contributed by atoms with Crippen LogP contribution in [-0.4, -0.2) is 33.2 Å². The van der Waals surface area contributed by atoms with E-state index in [1.165, 1.54) is 31.4 Å². The van der Waals surface area contributed by atoms with E-state index in [1.807, 2.05) is 25.1 Å². The van der Waals surface area contributed by atoms with E-state index in [-0.39, 0.29) is 11.3 Å². The molecule has 0 saturated heterocycles. The van der Waals surface area contributed by atoms with Gasteiger partial charge < -0.3 is 15.5 Å². The molecule has 1 saturated carbocycles. The predicted octanol–water partition coefficient (Wildman–Crippen LogP) is 6.71. The molecule has 2 aromatic carbocycles. The molecule has 0 unspecified atom stereocenters. The quantitative estimate of drug-likeness (QED) is 0.353.